The van der Waals surface area contributed by atoms with Crippen LogP contribution in [0.1, 0.15) is 13.3 Å². The monoisotopic (exact) mass is 174 g/mol. The van der Waals surface area contributed by atoms with Gasteiger partial charge in [-0.1, -0.05) is 6.92 Å². The fraction of sp³-hybridized carbons (Fsp3) is 1.00. The van der Waals surface area contributed by atoms with Crippen molar-refractivity contribution >= 4 is 0 Å². The van der Waals surface area contributed by atoms with Gasteiger partial charge in [0.15, 0.2) is 0 Å². The normalized spacial score (nSPS) is 19.8. The van der Waals surface area contributed by atoms with E-state index in [4.69, 9.17) is 4.74 Å². The van der Waals surface area contributed by atoms with E-state index in [1.54, 1.807) is 4.90 Å². The van der Waals surface area contributed by atoms with Crippen LogP contribution in [0.3, 0.4) is 0 Å². The quantitative estimate of drug-likeness (QED) is 0.459. The zero-order valence-electron chi connectivity index (χ0n) is 8.14. The summed E-state index contributed by atoms with van der Waals surface area (Å²) >= 11 is 0. The van der Waals surface area contributed by atoms with Crippen molar-refractivity contribution in [1.29, 1.82) is 0 Å². The van der Waals surface area contributed by atoms with Gasteiger partial charge in [-0.05, 0) is 6.42 Å². The van der Waals surface area contributed by atoms with Crippen LogP contribution in [0.4, 0.5) is 0 Å². The van der Waals surface area contributed by atoms with Gasteiger partial charge in [0.25, 0.3) is 0 Å². The van der Waals surface area contributed by atoms with Gasteiger partial charge in [0.1, 0.15) is 32.7 Å². The van der Waals surface area contributed by atoms with E-state index in [2.05, 4.69) is 12.2 Å². The van der Waals surface area contributed by atoms with Crippen LogP contribution in [-0.2, 0) is 4.74 Å². The Labute approximate surface area is 75.1 Å². The first-order chi connectivity index (χ1) is 5.93. The van der Waals surface area contributed by atoms with Crippen LogP contribution in [0.5, 0.6) is 0 Å². The van der Waals surface area contributed by atoms with Gasteiger partial charge in [0.2, 0.25) is 0 Å². The standard InChI is InChI=1S/C9H20N2O/c1-2-8-12-9-7-11-5-3-10-4-6-11/h10H,2-9H2,1H3/p+2. The molecule has 1 aliphatic heterocycles. The number of rotatable bonds is 5. The van der Waals surface area contributed by atoms with Crippen molar-refractivity contribution in [2.75, 3.05) is 45.9 Å². The van der Waals surface area contributed by atoms with Gasteiger partial charge in [0.05, 0.1) is 6.61 Å². The summed E-state index contributed by atoms with van der Waals surface area (Å²) in [6.45, 7) is 10.5. The Kier molecular flexibility index (Phi) is 5.32. The number of hydrogen-bond acceptors (Lipinski definition) is 1. The molecule has 0 atom stereocenters. The molecule has 0 saturated carbocycles. The number of quaternary nitrogens is 2. The van der Waals surface area contributed by atoms with Crippen LogP contribution in [0.2, 0.25) is 0 Å². The summed E-state index contributed by atoms with van der Waals surface area (Å²) in [6.07, 6.45) is 1.14. The Morgan fingerprint density at radius 1 is 1.25 bits per heavy atom. The summed E-state index contributed by atoms with van der Waals surface area (Å²) in [5.41, 5.74) is 0. The molecular weight excluding hydrogens is 152 g/mol. The molecule has 3 heteroatoms. The van der Waals surface area contributed by atoms with E-state index in [0.717, 1.165) is 19.6 Å². The topological polar surface area (TPSA) is 30.3 Å². The third-order valence-electron chi connectivity index (χ3n) is 2.35. The SMILES string of the molecule is CCCOCC[NH+]1CC[NH2+]CC1. The van der Waals surface area contributed by atoms with Crippen LogP contribution in [0.25, 0.3) is 0 Å². The number of ether oxygens (including phenoxy) is 1. The molecule has 1 heterocycles. The molecular formula is C9H22N2O+2. The van der Waals surface area contributed by atoms with Crippen LogP contribution in [0.15, 0.2) is 0 Å². The molecule has 0 aromatic carbocycles. The van der Waals surface area contributed by atoms with Crippen molar-refractivity contribution < 1.29 is 15.0 Å². The summed E-state index contributed by atoms with van der Waals surface area (Å²) in [5.74, 6) is 0. The van der Waals surface area contributed by atoms with E-state index < -0.39 is 0 Å². The smallest absolute Gasteiger partial charge is 0.127 e. The number of nitrogens with two attached hydrogens (primary N) is 1. The highest BCUT2D eigenvalue weighted by Crippen LogP contribution is 1.76. The number of nitrogens with one attached hydrogen (secondary N) is 1. The molecule has 0 aromatic heterocycles. The summed E-state index contributed by atoms with van der Waals surface area (Å²) < 4.78 is 5.45. The van der Waals surface area contributed by atoms with E-state index in [-0.39, 0.29) is 0 Å². The number of hydrogen-bond donors (Lipinski definition) is 2. The first-order valence-corrected chi connectivity index (χ1v) is 5.16. The second-order valence-corrected chi connectivity index (χ2v) is 3.48. The average Bonchev–Trinajstić information content (AvgIpc) is 2.14. The van der Waals surface area contributed by atoms with Crippen LogP contribution < -0.4 is 10.2 Å². The second-order valence-electron chi connectivity index (χ2n) is 3.48. The average molecular weight is 174 g/mol. The van der Waals surface area contributed by atoms with E-state index in [9.17, 15) is 0 Å². The fourth-order valence-electron chi connectivity index (χ4n) is 1.59. The molecule has 12 heavy (non-hydrogen) atoms. The van der Waals surface area contributed by atoms with Crippen molar-refractivity contribution in [3.05, 3.63) is 0 Å². The molecule has 72 valence electrons. The Hall–Kier alpha value is -0.120. The molecule has 0 amide bonds. The molecule has 0 aromatic rings. The predicted molar refractivity (Wildman–Crippen MR) is 48.3 cm³/mol. The molecule has 1 fully saturated rings. The lowest BCUT2D eigenvalue weighted by atomic mass is 10.4. The Morgan fingerprint density at radius 2 is 2.00 bits per heavy atom. The lowest BCUT2D eigenvalue weighted by molar-refractivity contribution is -0.947. The molecule has 3 N–H and O–H groups in total. The largest absolute Gasteiger partial charge is 0.376 e. The zero-order chi connectivity index (χ0) is 8.65. The van der Waals surface area contributed by atoms with Gasteiger partial charge in [-0.15, -0.1) is 0 Å². The Bertz CT molecular complexity index is 103. The van der Waals surface area contributed by atoms with E-state index in [1.165, 1.54) is 32.7 Å². The van der Waals surface area contributed by atoms with Crippen molar-refractivity contribution in [2.45, 2.75) is 13.3 Å². The zero-order valence-corrected chi connectivity index (χ0v) is 8.14. The van der Waals surface area contributed by atoms with E-state index in [0.29, 0.717) is 0 Å². The minimum atomic E-state index is 0.930. The lowest BCUT2D eigenvalue weighted by Crippen LogP contribution is -3.20. The summed E-state index contributed by atoms with van der Waals surface area (Å²) in [5, 5.41) is 2.40. The minimum absolute atomic E-state index is 0.930. The third-order valence-corrected chi connectivity index (χ3v) is 2.35. The van der Waals surface area contributed by atoms with Gasteiger partial charge in [-0.3, -0.25) is 0 Å². The van der Waals surface area contributed by atoms with Gasteiger partial charge in [-0.2, -0.15) is 0 Å². The van der Waals surface area contributed by atoms with Crippen LogP contribution in [0, 0.1) is 0 Å². The maximum atomic E-state index is 5.45. The highest BCUT2D eigenvalue weighted by molar-refractivity contribution is 4.35. The molecule has 0 spiro atoms. The lowest BCUT2D eigenvalue weighted by Gasteiger charge is -2.21. The molecule has 1 saturated heterocycles. The summed E-state index contributed by atoms with van der Waals surface area (Å²) in [7, 11) is 0. The fourth-order valence-corrected chi connectivity index (χ4v) is 1.59. The molecule has 1 aliphatic rings. The van der Waals surface area contributed by atoms with Crippen molar-refractivity contribution in [1.82, 2.24) is 0 Å². The Balaban J connectivity index is 1.91. The first-order valence-electron chi connectivity index (χ1n) is 5.16. The van der Waals surface area contributed by atoms with Crippen LogP contribution in [-0.4, -0.2) is 45.9 Å². The summed E-state index contributed by atoms with van der Waals surface area (Å²) in [6, 6.07) is 0. The predicted octanol–water partition coefficient (Wildman–Crippen LogP) is -2.13. The maximum Gasteiger partial charge on any atom is 0.127 e. The number of piperazine rings is 1. The molecule has 0 unspecified atom stereocenters. The van der Waals surface area contributed by atoms with Crippen molar-refractivity contribution in [2.24, 2.45) is 0 Å². The van der Waals surface area contributed by atoms with Gasteiger partial charge in [-0.25, -0.2) is 0 Å². The highest BCUT2D eigenvalue weighted by atomic mass is 16.5. The van der Waals surface area contributed by atoms with E-state index in [1.807, 2.05) is 0 Å². The maximum absolute atomic E-state index is 5.45. The van der Waals surface area contributed by atoms with Crippen molar-refractivity contribution in [3.63, 3.8) is 0 Å². The molecule has 0 aliphatic carbocycles. The summed E-state index contributed by atoms with van der Waals surface area (Å²) in [4.78, 5) is 1.72. The first kappa shape index (κ1) is 9.96. The second kappa shape index (κ2) is 6.40. The van der Waals surface area contributed by atoms with E-state index >= 15 is 0 Å². The minimum Gasteiger partial charge on any atom is -0.376 e. The van der Waals surface area contributed by atoms with Gasteiger partial charge < -0.3 is 15.0 Å². The molecule has 0 bridgehead atoms. The molecule has 3 nitrogen and oxygen atoms in total. The molecule has 0 radical (unpaired) electrons. The van der Waals surface area contributed by atoms with Crippen LogP contribution >= 0.6 is 0 Å². The highest BCUT2D eigenvalue weighted by Gasteiger charge is 2.14. The third kappa shape index (κ3) is 4.04. The van der Waals surface area contributed by atoms with Gasteiger partial charge in [0, 0.05) is 6.61 Å². The van der Waals surface area contributed by atoms with Crippen molar-refractivity contribution in [3.8, 4) is 0 Å². The molecule has 1 rings (SSSR count). The van der Waals surface area contributed by atoms with Gasteiger partial charge >= 0.3 is 0 Å². The Morgan fingerprint density at radius 3 is 2.67 bits per heavy atom.